The number of rotatable bonds is 6. The van der Waals surface area contributed by atoms with Crippen molar-refractivity contribution in [2.45, 2.75) is 19.5 Å². The van der Waals surface area contributed by atoms with Crippen molar-refractivity contribution >= 4 is 45.0 Å². The van der Waals surface area contributed by atoms with Gasteiger partial charge in [-0.2, -0.15) is 0 Å². The fraction of sp³-hybridized carbons (Fsp3) is 0.130. The normalized spacial score (nSPS) is 12.1. The van der Waals surface area contributed by atoms with Crippen molar-refractivity contribution in [3.8, 4) is 0 Å². The molecule has 2 aromatic carbocycles. The van der Waals surface area contributed by atoms with E-state index in [0.717, 1.165) is 21.3 Å². The highest BCUT2D eigenvalue weighted by Gasteiger charge is 2.18. The maximum atomic E-state index is 13.0. The van der Waals surface area contributed by atoms with Crippen molar-refractivity contribution in [3.05, 3.63) is 93.5 Å². The second kappa shape index (κ2) is 8.34. The molecular weight excluding hydrogens is 420 g/mol. The number of nitrogens with zero attached hydrogens (tertiary/aromatic N) is 1. The van der Waals surface area contributed by atoms with Crippen LogP contribution in [0.5, 0.6) is 0 Å². The Hall–Kier alpha value is -3.09. The molecule has 7 heteroatoms. The van der Waals surface area contributed by atoms with E-state index in [1.54, 1.807) is 24.3 Å². The lowest BCUT2D eigenvalue weighted by Gasteiger charge is -2.15. The number of aromatic nitrogens is 1. The summed E-state index contributed by atoms with van der Waals surface area (Å²) in [6.45, 7) is 2.52. The van der Waals surface area contributed by atoms with Gasteiger partial charge < -0.3 is 15.0 Å². The van der Waals surface area contributed by atoms with Gasteiger partial charge in [0.05, 0.1) is 27.4 Å². The molecule has 1 amide bonds. The molecule has 30 heavy (non-hydrogen) atoms. The number of thiophene rings is 1. The molecular formula is C23H19ClN2O3S. The number of amides is 1. The van der Waals surface area contributed by atoms with Gasteiger partial charge in [0, 0.05) is 23.1 Å². The monoisotopic (exact) mass is 438 g/mol. The van der Waals surface area contributed by atoms with E-state index in [0.29, 0.717) is 17.1 Å². The number of halogens is 1. The first-order valence-corrected chi connectivity index (χ1v) is 10.6. The van der Waals surface area contributed by atoms with Gasteiger partial charge in [-0.3, -0.25) is 4.79 Å². The molecule has 0 spiro atoms. The number of nitrogens with one attached hydrogen (secondary N) is 1. The molecule has 0 fully saturated rings. The van der Waals surface area contributed by atoms with Crippen LogP contribution >= 0.6 is 22.9 Å². The molecule has 4 rings (SSSR count). The van der Waals surface area contributed by atoms with E-state index in [9.17, 15) is 9.59 Å². The summed E-state index contributed by atoms with van der Waals surface area (Å²) in [5.74, 6) is -1.13. The summed E-state index contributed by atoms with van der Waals surface area (Å²) >= 11 is 7.51. The van der Waals surface area contributed by atoms with Gasteiger partial charge in [-0.1, -0.05) is 35.9 Å². The Labute approximate surface area is 182 Å². The first-order chi connectivity index (χ1) is 14.4. The summed E-state index contributed by atoms with van der Waals surface area (Å²) in [6, 6.07) is 16.0. The highest BCUT2D eigenvalue weighted by molar-refractivity contribution is 7.17. The average Bonchev–Trinajstić information content (AvgIpc) is 3.32. The van der Waals surface area contributed by atoms with Gasteiger partial charge in [-0.25, -0.2) is 4.79 Å². The van der Waals surface area contributed by atoms with Gasteiger partial charge in [-0.15, -0.1) is 11.3 Å². The number of carboxylic acid groups (broad SMARTS) is 1. The van der Waals surface area contributed by atoms with Gasteiger partial charge in [0.1, 0.15) is 0 Å². The van der Waals surface area contributed by atoms with Crippen LogP contribution in [0.2, 0.25) is 5.02 Å². The van der Waals surface area contributed by atoms with Crippen LogP contribution in [-0.2, 0) is 6.54 Å². The molecule has 0 aliphatic heterocycles. The van der Waals surface area contributed by atoms with E-state index in [1.165, 1.54) is 11.3 Å². The first-order valence-electron chi connectivity index (χ1n) is 9.37. The molecule has 4 aromatic rings. The van der Waals surface area contributed by atoms with Gasteiger partial charge in [0.25, 0.3) is 5.91 Å². The average molecular weight is 439 g/mol. The number of aromatic carboxylic acids is 1. The van der Waals surface area contributed by atoms with E-state index in [1.807, 2.05) is 48.8 Å². The first kappa shape index (κ1) is 20.2. The summed E-state index contributed by atoms with van der Waals surface area (Å²) in [4.78, 5) is 24.0. The molecule has 1 unspecified atom stereocenters. The maximum Gasteiger partial charge on any atom is 0.335 e. The minimum atomic E-state index is -0.972. The second-order valence-corrected chi connectivity index (χ2v) is 8.40. The number of carbonyl (C=O) groups is 2. The van der Waals surface area contributed by atoms with Crippen molar-refractivity contribution < 1.29 is 14.7 Å². The third-order valence-corrected chi connectivity index (χ3v) is 6.19. The van der Waals surface area contributed by atoms with Crippen LogP contribution in [0.15, 0.2) is 66.2 Å². The lowest BCUT2D eigenvalue weighted by molar-refractivity contribution is 0.0696. The minimum Gasteiger partial charge on any atom is -0.478 e. The maximum absolute atomic E-state index is 13.0. The van der Waals surface area contributed by atoms with Crippen LogP contribution in [-0.4, -0.2) is 21.6 Å². The molecule has 0 radical (unpaired) electrons. The van der Waals surface area contributed by atoms with Crippen molar-refractivity contribution in [1.82, 2.24) is 9.88 Å². The Bertz CT molecular complexity index is 1210. The van der Waals surface area contributed by atoms with Crippen LogP contribution in [0.1, 0.15) is 44.8 Å². The highest BCUT2D eigenvalue weighted by atomic mass is 35.5. The molecule has 0 aliphatic carbocycles. The van der Waals surface area contributed by atoms with Crippen molar-refractivity contribution in [2.24, 2.45) is 0 Å². The van der Waals surface area contributed by atoms with E-state index < -0.39 is 5.97 Å². The zero-order valence-corrected chi connectivity index (χ0v) is 17.7. The topological polar surface area (TPSA) is 71.3 Å². The fourth-order valence-corrected chi connectivity index (χ4v) is 4.43. The summed E-state index contributed by atoms with van der Waals surface area (Å²) in [5, 5.41) is 14.6. The highest BCUT2D eigenvalue weighted by Crippen LogP contribution is 2.28. The Morgan fingerprint density at radius 1 is 1.10 bits per heavy atom. The minimum absolute atomic E-state index is 0.160. The third-order valence-electron chi connectivity index (χ3n) is 5.00. The molecule has 2 N–H and O–H groups in total. The molecule has 5 nitrogen and oxygen atoms in total. The van der Waals surface area contributed by atoms with Crippen LogP contribution in [0.3, 0.4) is 0 Å². The summed E-state index contributed by atoms with van der Waals surface area (Å²) in [6.07, 6.45) is 1.99. The number of fused-ring (bicyclic) bond motifs is 1. The SMILES string of the molecule is CC(NC(=O)c1csc2ccn(Cc3ccc(Cl)cc3)c12)c1ccc(C(=O)O)cc1. The number of carboxylic acids is 1. The molecule has 2 heterocycles. The van der Waals surface area contributed by atoms with Crippen LogP contribution in [0.4, 0.5) is 0 Å². The van der Waals surface area contributed by atoms with Crippen LogP contribution < -0.4 is 5.32 Å². The predicted molar refractivity (Wildman–Crippen MR) is 120 cm³/mol. The molecule has 152 valence electrons. The molecule has 0 saturated heterocycles. The van der Waals surface area contributed by atoms with E-state index >= 15 is 0 Å². The Kier molecular flexibility index (Phi) is 5.61. The number of hydrogen-bond donors (Lipinski definition) is 2. The quantitative estimate of drug-likeness (QED) is 0.412. The zero-order chi connectivity index (χ0) is 21.3. The van der Waals surface area contributed by atoms with Crippen molar-refractivity contribution in [3.63, 3.8) is 0 Å². The molecule has 0 aliphatic rings. The third kappa shape index (κ3) is 4.10. The summed E-state index contributed by atoms with van der Waals surface area (Å²) < 4.78 is 3.11. The van der Waals surface area contributed by atoms with Crippen molar-refractivity contribution in [1.29, 1.82) is 0 Å². The Balaban J connectivity index is 1.55. The van der Waals surface area contributed by atoms with E-state index in [-0.39, 0.29) is 17.5 Å². The second-order valence-electron chi connectivity index (χ2n) is 7.05. The molecule has 1 atom stereocenters. The van der Waals surface area contributed by atoms with E-state index in [2.05, 4.69) is 9.88 Å². The standard InChI is InChI=1S/C23H19ClN2O3S/c1-14(16-4-6-17(7-5-16)23(28)29)25-22(27)19-13-30-20-10-11-26(21(19)20)12-15-2-8-18(24)9-3-15/h2-11,13-14H,12H2,1H3,(H,25,27)(H,28,29). The van der Waals surface area contributed by atoms with Gasteiger partial charge in [-0.05, 0) is 48.4 Å². The summed E-state index contributed by atoms with van der Waals surface area (Å²) in [5.41, 5.74) is 3.69. The van der Waals surface area contributed by atoms with Gasteiger partial charge in [0.15, 0.2) is 0 Å². The van der Waals surface area contributed by atoms with Gasteiger partial charge in [0.2, 0.25) is 0 Å². The molecule has 0 bridgehead atoms. The molecule has 0 saturated carbocycles. The lowest BCUT2D eigenvalue weighted by Crippen LogP contribution is -2.26. The van der Waals surface area contributed by atoms with E-state index in [4.69, 9.17) is 16.7 Å². The Morgan fingerprint density at radius 2 is 1.80 bits per heavy atom. The van der Waals surface area contributed by atoms with Crippen LogP contribution in [0.25, 0.3) is 10.2 Å². The predicted octanol–water partition coefficient (Wildman–Crippen LogP) is 5.59. The van der Waals surface area contributed by atoms with Crippen molar-refractivity contribution in [2.75, 3.05) is 0 Å². The zero-order valence-electron chi connectivity index (χ0n) is 16.1. The van der Waals surface area contributed by atoms with Gasteiger partial charge >= 0.3 is 5.97 Å². The number of benzene rings is 2. The smallest absolute Gasteiger partial charge is 0.335 e. The largest absolute Gasteiger partial charge is 0.478 e. The molecule has 2 aromatic heterocycles. The fourth-order valence-electron chi connectivity index (χ4n) is 3.36. The number of hydrogen-bond acceptors (Lipinski definition) is 3. The Morgan fingerprint density at radius 3 is 2.47 bits per heavy atom. The van der Waals surface area contributed by atoms with Crippen LogP contribution in [0, 0.1) is 0 Å². The number of carbonyl (C=O) groups excluding carboxylic acids is 1. The lowest BCUT2D eigenvalue weighted by atomic mass is 10.1. The summed E-state index contributed by atoms with van der Waals surface area (Å²) in [7, 11) is 0.